The van der Waals surface area contributed by atoms with Gasteiger partial charge in [-0.25, -0.2) is 0 Å². The molecule has 0 aromatic heterocycles. The Bertz CT molecular complexity index is 457. The number of carbonyl (C=O) groups excluding carboxylic acids is 2. The highest BCUT2D eigenvalue weighted by Gasteiger charge is 2.65. The molecule has 0 aliphatic carbocycles. The molecular weight excluding hydrogens is 243 g/mol. The second kappa shape index (κ2) is 3.82. The van der Waals surface area contributed by atoms with E-state index in [2.05, 4.69) is 13.8 Å². The van der Waals surface area contributed by atoms with Crippen molar-refractivity contribution in [1.82, 2.24) is 9.71 Å². The molecule has 5 nitrogen and oxygen atoms in total. The first-order chi connectivity index (χ1) is 8.78. The summed E-state index contributed by atoms with van der Waals surface area (Å²) in [6.45, 7) is 6.15. The zero-order valence-corrected chi connectivity index (χ0v) is 11.8. The van der Waals surface area contributed by atoms with E-state index in [1.807, 2.05) is 6.92 Å². The Morgan fingerprint density at radius 1 is 1.32 bits per heavy atom. The van der Waals surface area contributed by atoms with Crippen LogP contribution in [0.15, 0.2) is 0 Å². The Labute approximate surface area is 114 Å². The quantitative estimate of drug-likeness (QED) is 0.453. The van der Waals surface area contributed by atoms with Gasteiger partial charge in [-0.3, -0.25) is 14.5 Å². The molecule has 0 saturated carbocycles. The molecule has 3 saturated heterocycles. The first kappa shape index (κ1) is 13.1. The average molecular weight is 262 g/mol. The zero-order chi connectivity index (χ0) is 14.1. The van der Waals surface area contributed by atoms with Crippen LogP contribution in [0.3, 0.4) is 0 Å². The van der Waals surface area contributed by atoms with Crippen LogP contribution in [0.5, 0.6) is 0 Å². The van der Waals surface area contributed by atoms with E-state index in [9.17, 15) is 9.59 Å². The van der Waals surface area contributed by atoms with Crippen LogP contribution in [-0.4, -0.2) is 60.3 Å². The molecule has 3 rings (SSSR count). The first-order valence-corrected chi connectivity index (χ1v) is 6.80. The SMILES string of the molecule is [B]N1C(C)C(C)CC2(C)OC3C(=O)N(C)C(=O)C3C12. The highest BCUT2D eigenvalue weighted by atomic mass is 16.5. The summed E-state index contributed by atoms with van der Waals surface area (Å²) < 4.78 is 5.99. The number of nitrogens with zero attached hydrogens (tertiary/aromatic N) is 2. The molecule has 3 heterocycles. The highest BCUT2D eigenvalue weighted by molar-refractivity contribution is 6.09. The minimum absolute atomic E-state index is 0.166. The third-order valence-electron chi connectivity index (χ3n) is 5.22. The van der Waals surface area contributed by atoms with Crippen LogP contribution in [0.25, 0.3) is 0 Å². The number of likely N-dealkylation sites (tertiary alicyclic amines) is 1. The van der Waals surface area contributed by atoms with E-state index in [1.165, 1.54) is 11.9 Å². The fourth-order valence-electron chi connectivity index (χ4n) is 4.00. The largest absolute Gasteiger partial charge is 0.360 e. The molecule has 19 heavy (non-hydrogen) atoms. The molecule has 0 N–H and O–H groups in total. The van der Waals surface area contributed by atoms with Crippen molar-refractivity contribution < 1.29 is 14.3 Å². The topological polar surface area (TPSA) is 49.9 Å². The fraction of sp³-hybridized carbons (Fsp3) is 0.846. The van der Waals surface area contributed by atoms with Gasteiger partial charge < -0.3 is 9.55 Å². The number of carbonyl (C=O) groups is 2. The van der Waals surface area contributed by atoms with Crippen LogP contribution in [0.1, 0.15) is 27.2 Å². The summed E-state index contributed by atoms with van der Waals surface area (Å²) in [4.78, 5) is 27.3. The van der Waals surface area contributed by atoms with Crippen LogP contribution in [0, 0.1) is 11.8 Å². The maximum absolute atomic E-state index is 12.3. The van der Waals surface area contributed by atoms with Crippen molar-refractivity contribution in [2.45, 2.75) is 51.0 Å². The van der Waals surface area contributed by atoms with Crippen molar-refractivity contribution in [3.63, 3.8) is 0 Å². The Hall–Kier alpha value is -0.875. The van der Waals surface area contributed by atoms with Crippen LogP contribution in [0.2, 0.25) is 0 Å². The number of fused-ring (bicyclic) bond motifs is 3. The second-order valence-electron chi connectivity index (χ2n) is 6.43. The summed E-state index contributed by atoms with van der Waals surface area (Å²) in [6.07, 6.45) is 0.167. The van der Waals surface area contributed by atoms with Crippen molar-refractivity contribution in [3.05, 3.63) is 0 Å². The monoisotopic (exact) mass is 262 g/mol. The Kier molecular flexibility index (Phi) is 2.64. The summed E-state index contributed by atoms with van der Waals surface area (Å²) in [5.41, 5.74) is -0.511. The van der Waals surface area contributed by atoms with E-state index in [0.717, 1.165) is 6.42 Å². The van der Waals surface area contributed by atoms with Crippen molar-refractivity contribution in [2.24, 2.45) is 11.8 Å². The number of piperidine rings is 1. The molecule has 3 aliphatic rings. The molecule has 6 unspecified atom stereocenters. The third kappa shape index (κ3) is 1.50. The predicted octanol–water partition coefficient (Wildman–Crippen LogP) is -0.0589. The number of ether oxygens (including phenoxy) is 1. The molecular formula is C13H19BN2O3. The van der Waals surface area contributed by atoms with Crippen molar-refractivity contribution in [1.29, 1.82) is 0 Å². The van der Waals surface area contributed by atoms with E-state index >= 15 is 0 Å². The van der Waals surface area contributed by atoms with Crippen molar-refractivity contribution in [3.8, 4) is 0 Å². The lowest BCUT2D eigenvalue weighted by atomic mass is 9.72. The third-order valence-corrected chi connectivity index (χ3v) is 5.22. The lowest BCUT2D eigenvalue weighted by Gasteiger charge is -2.50. The van der Waals surface area contributed by atoms with Gasteiger partial charge in [-0.2, -0.15) is 0 Å². The summed E-state index contributed by atoms with van der Waals surface area (Å²) >= 11 is 0. The summed E-state index contributed by atoms with van der Waals surface area (Å²) in [5, 5.41) is 0. The van der Waals surface area contributed by atoms with Gasteiger partial charge in [0.25, 0.3) is 5.91 Å². The van der Waals surface area contributed by atoms with Crippen LogP contribution >= 0.6 is 0 Å². The van der Waals surface area contributed by atoms with Gasteiger partial charge in [0.2, 0.25) is 5.91 Å². The maximum atomic E-state index is 12.3. The van der Waals surface area contributed by atoms with Gasteiger partial charge in [-0.1, -0.05) is 13.8 Å². The minimum Gasteiger partial charge on any atom is -0.360 e. The van der Waals surface area contributed by atoms with Crippen molar-refractivity contribution >= 4 is 19.8 Å². The molecule has 0 bridgehead atoms. The molecule has 2 radical (unpaired) electrons. The first-order valence-electron chi connectivity index (χ1n) is 6.80. The van der Waals surface area contributed by atoms with Crippen LogP contribution < -0.4 is 0 Å². The van der Waals surface area contributed by atoms with E-state index in [4.69, 9.17) is 12.7 Å². The maximum Gasteiger partial charge on any atom is 0.258 e. The Balaban J connectivity index is 2.02. The van der Waals surface area contributed by atoms with E-state index < -0.39 is 17.6 Å². The van der Waals surface area contributed by atoms with Gasteiger partial charge in [-0.15, -0.1) is 0 Å². The number of likely N-dealkylation sites (N-methyl/N-ethyl adjacent to an activating group) is 1. The van der Waals surface area contributed by atoms with Gasteiger partial charge in [0.1, 0.15) is 0 Å². The Morgan fingerprint density at radius 3 is 2.58 bits per heavy atom. The summed E-state index contributed by atoms with van der Waals surface area (Å²) in [7, 11) is 7.73. The second-order valence-corrected chi connectivity index (χ2v) is 6.43. The molecule has 0 aromatic rings. The summed E-state index contributed by atoms with van der Waals surface area (Å²) in [5.74, 6) is -0.490. The molecule has 0 aromatic carbocycles. The highest BCUT2D eigenvalue weighted by Crippen LogP contribution is 2.49. The van der Waals surface area contributed by atoms with E-state index in [0.29, 0.717) is 5.92 Å². The van der Waals surface area contributed by atoms with Gasteiger partial charge >= 0.3 is 0 Å². The zero-order valence-electron chi connectivity index (χ0n) is 11.8. The minimum atomic E-state index is -0.656. The number of rotatable bonds is 0. The molecule has 0 spiro atoms. The number of amides is 2. The smallest absolute Gasteiger partial charge is 0.258 e. The Morgan fingerprint density at radius 2 is 1.95 bits per heavy atom. The molecule has 3 aliphatic heterocycles. The normalized spacial score (nSPS) is 50.5. The lowest BCUT2D eigenvalue weighted by Crippen LogP contribution is -2.61. The van der Waals surface area contributed by atoms with Crippen molar-refractivity contribution in [2.75, 3.05) is 7.05 Å². The van der Waals surface area contributed by atoms with Gasteiger partial charge in [0, 0.05) is 13.1 Å². The standard InChI is InChI=1S/C13H19BN2O3/c1-6-5-13(3)10(16(14)7(6)2)8-9(19-13)12(18)15(4)11(8)17/h6-10H,5H2,1-4H3. The number of hydrogen-bond donors (Lipinski definition) is 0. The van der Waals surface area contributed by atoms with Gasteiger partial charge in [-0.05, 0) is 25.3 Å². The molecule has 102 valence electrons. The molecule has 2 amide bonds. The average Bonchev–Trinajstić information content (AvgIpc) is 2.75. The van der Waals surface area contributed by atoms with E-state index in [1.54, 1.807) is 4.81 Å². The van der Waals surface area contributed by atoms with Gasteiger partial charge in [0.05, 0.1) is 11.5 Å². The number of hydrogen-bond acceptors (Lipinski definition) is 4. The van der Waals surface area contributed by atoms with Gasteiger partial charge in [0.15, 0.2) is 14.1 Å². The fourth-order valence-corrected chi connectivity index (χ4v) is 4.00. The van der Waals surface area contributed by atoms with Crippen LogP contribution in [-0.2, 0) is 14.3 Å². The number of imide groups is 1. The summed E-state index contributed by atoms with van der Waals surface area (Å²) in [6, 6.07) is -0.0423. The molecule has 6 atom stereocenters. The van der Waals surface area contributed by atoms with E-state index in [-0.39, 0.29) is 23.9 Å². The van der Waals surface area contributed by atoms with Crippen LogP contribution in [0.4, 0.5) is 0 Å². The lowest BCUT2D eigenvalue weighted by molar-refractivity contribution is -0.151. The predicted molar refractivity (Wildman–Crippen MR) is 69.2 cm³/mol. The molecule has 3 fully saturated rings. The molecule has 6 heteroatoms.